The maximum atomic E-state index is 12.6. The molecule has 0 fully saturated rings. The van der Waals surface area contributed by atoms with Gasteiger partial charge in [-0.25, -0.2) is 0 Å². The van der Waals surface area contributed by atoms with Crippen molar-refractivity contribution < 1.29 is 24.5 Å². The van der Waals surface area contributed by atoms with Gasteiger partial charge >= 0.3 is 5.97 Å². The lowest BCUT2D eigenvalue weighted by Crippen LogP contribution is -2.45. The van der Waals surface area contributed by atoms with Crippen LogP contribution < -0.4 is 5.32 Å². The topological polar surface area (TPSA) is 95.9 Å². The van der Waals surface area contributed by atoms with Gasteiger partial charge in [-0.2, -0.15) is 0 Å². The average Bonchev–Trinajstić information content (AvgIpc) is 3.54. The Morgan fingerprint density at radius 1 is 0.276 bits per heavy atom. The first-order valence-electron chi connectivity index (χ1n) is 40.8. The maximum Gasteiger partial charge on any atom is 0.305 e. The van der Waals surface area contributed by atoms with Crippen LogP contribution in [-0.2, 0) is 14.3 Å². The molecule has 1 amide bonds. The van der Waals surface area contributed by atoms with E-state index in [1.165, 1.54) is 411 Å². The van der Waals surface area contributed by atoms with Gasteiger partial charge < -0.3 is 20.3 Å². The highest BCUT2D eigenvalue weighted by molar-refractivity contribution is 5.76. The Balaban J connectivity index is 3.31. The molecular formula is C81H161NO5. The van der Waals surface area contributed by atoms with Crippen molar-refractivity contribution in [2.45, 2.75) is 495 Å². The van der Waals surface area contributed by atoms with Crippen LogP contribution in [0, 0.1) is 0 Å². The van der Waals surface area contributed by atoms with Crippen LogP contribution in [0.3, 0.4) is 0 Å². The second-order valence-corrected chi connectivity index (χ2v) is 28.5. The molecule has 0 aromatic carbocycles. The van der Waals surface area contributed by atoms with Gasteiger partial charge in [-0.15, -0.1) is 0 Å². The van der Waals surface area contributed by atoms with Crippen molar-refractivity contribution >= 4 is 11.9 Å². The Bertz CT molecular complexity index is 1280. The van der Waals surface area contributed by atoms with E-state index < -0.39 is 12.1 Å². The molecule has 0 heterocycles. The van der Waals surface area contributed by atoms with Gasteiger partial charge in [-0.05, 0) is 25.7 Å². The summed E-state index contributed by atoms with van der Waals surface area (Å²) in [6.45, 7) is 5.03. The summed E-state index contributed by atoms with van der Waals surface area (Å²) in [5, 5.41) is 23.5. The normalized spacial score (nSPS) is 12.4. The van der Waals surface area contributed by atoms with E-state index in [1.807, 2.05) is 0 Å². The van der Waals surface area contributed by atoms with Crippen LogP contribution in [0.4, 0.5) is 0 Å². The van der Waals surface area contributed by atoms with E-state index in [0.717, 1.165) is 38.5 Å². The van der Waals surface area contributed by atoms with Gasteiger partial charge in [-0.3, -0.25) is 9.59 Å². The van der Waals surface area contributed by atoms with Crippen molar-refractivity contribution in [3.63, 3.8) is 0 Å². The first-order valence-corrected chi connectivity index (χ1v) is 40.8. The maximum absolute atomic E-state index is 12.6. The molecule has 0 radical (unpaired) electrons. The van der Waals surface area contributed by atoms with Gasteiger partial charge in [0.15, 0.2) is 0 Å². The number of rotatable bonds is 78. The lowest BCUT2D eigenvalue weighted by molar-refractivity contribution is -0.143. The fraction of sp³-hybridized carbons (Fsp3) is 0.975. The molecule has 0 saturated carbocycles. The Kier molecular flexibility index (Phi) is 76.3. The third kappa shape index (κ3) is 73.8. The van der Waals surface area contributed by atoms with Crippen molar-refractivity contribution in [3.8, 4) is 0 Å². The Morgan fingerprint density at radius 3 is 0.701 bits per heavy atom. The number of carbonyl (C=O) groups is 2. The van der Waals surface area contributed by atoms with E-state index in [2.05, 4.69) is 19.2 Å². The lowest BCUT2D eigenvalue weighted by atomic mass is 10.0. The monoisotopic (exact) mass is 1230 g/mol. The molecule has 0 spiro atoms. The predicted octanol–water partition coefficient (Wildman–Crippen LogP) is 26.9. The quantitative estimate of drug-likeness (QED) is 0.0417. The summed E-state index contributed by atoms with van der Waals surface area (Å²) >= 11 is 0. The minimum atomic E-state index is -0.662. The molecule has 0 aliphatic rings. The molecule has 520 valence electrons. The summed E-state index contributed by atoms with van der Waals surface area (Å²) in [5.41, 5.74) is 0. The minimum Gasteiger partial charge on any atom is -0.466 e. The molecule has 0 bridgehead atoms. The number of carbonyl (C=O) groups excluding carboxylic acids is 2. The summed E-state index contributed by atoms with van der Waals surface area (Å²) in [7, 11) is 0. The Morgan fingerprint density at radius 2 is 0.471 bits per heavy atom. The third-order valence-electron chi connectivity index (χ3n) is 19.7. The number of hydrogen-bond acceptors (Lipinski definition) is 5. The summed E-state index contributed by atoms with van der Waals surface area (Å²) in [4.78, 5) is 24.7. The smallest absolute Gasteiger partial charge is 0.305 e. The molecule has 0 saturated heterocycles. The number of unbranched alkanes of at least 4 members (excludes halogenated alkanes) is 67. The molecule has 0 aromatic heterocycles. The molecule has 6 heteroatoms. The molecular weight excluding hydrogens is 1070 g/mol. The van der Waals surface area contributed by atoms with Crippen LogP contribution in [0.1, 0.15) is 483 Å². The summed E-state index contributed by atoms with van der Waals surface area (Å²) in [5.74, 6) is 0.00182. The molecule has 87 heavy (non-hydrogen) atoms. The van der Waals surface area contributed by atoms with E-state index in [1.54, 1.807) is 0 Å². The van der Waals surface area contributed by atoms with Crippen molar-refractivity contribution in [1.82, 2.24) is 5.32 Å². The van der Waals surface area contributed by atoms with E-state index in [-0.39, 0.29) is 18.5 Å². The zero-order chi connectivity index (χ0) is 62.8. The largest absolute Gasteiger partial charge is 0.466 e. The number of aliphatic hydroxyl groups is 2. The van der Waals surface area contributed by atoms with Crippen molar-refractivity contribution in [1.29, 1.82) is 0 Å². The zero-order valence-corrected chi connectivity index (χ0v) is 59.8. The van der Waals surface area contributed by atoms with Crippen LogP contribution in [0.15, 0.2) is 0 Å². The fourth-order valence-corrected chi connectivity index (χ4v) is 13.5. The molecule has 0 aliphatic carbocycles. The molecule has 2 unspecified atom stereocenters. The SMILES string of the molecule is CCCCCCCCCCCCCCCCCCCCCCCC(O)C(CO)NC(=O)CCCCCCCCCCCCCCCCCCCCCCCCCCCCCCCCOC(=O)CCCCCCCCCCCCCCCCCCCCC. The van der Waals surface area contributed by atoms with E-state index >= 15 is 0 Å². The third-order valence-corrected chi connectivity index (χ3v) is 19.7. The first-order chi connectivity index (χ1) is 43.0. The van der Waals surface area contributed by atoms with Crippen LogP contribution >= 0.6 is 0 Å². The first kappa shape index (κ1) is 85.9. The van der Waals surface area contributed by atoms with Gasteiger partial charge in [0.1, 0.15) is 0 Å². The number of amides is 1. The van der Waals surface area contributed by atoms with E-state index in [4.69, 9.17) is 4.74 Å². The molecule has 2 atom stereocenters. The second kappa shape index (κ2) is 77.3. The van der Waals surface area contributed by atoms with Gasteiger partial charge in [-0.1, -0.05) is 444 Å². The fourth-order valence-electron chi connectivity index (χ4n) is 13.5. The van der Waals surface area contributed by atoms with Crippen LogP contribution in [0.25, 0.3) is 0 Å². The minimum absolute atomic E-state index is 0.0248. The Hall–Kier alpha value is -1.14. The summed E-state index contributed by atoms with van der Waals surface area (Å²) in [6.07, 6.45) is 96.3. The molecule has 0 rings (SSSR count). The molecule has 6 nitrogen and oxygen atoms in total. The predicted molar refractivity (Wildman–Crippen MR) is 384 cm³/mol. The number of nitrogens with one attached hydrogen (secondary N) is 1. The molecule has 3 N–H and O–H groups in total. The highest BCUT2D eigenvalue weighted by Gasteiger charge is 2.20. The average molecular weight is 1230 g/mol. The molecule has 0 aromatic rings. The number of esters is 1. The van der Waals surface area contributed by atoms with E-state index in [9.17, 15) is 19.8 Å². The standard InChI is InChI=1S/C81H161NO5/c1-3-5-7-9-11-13-15-17-19-21-23-34-38-41-45-49-53-57-61-65-69-73-79(84)78(77-83)82-80(85)74-70-66-62-58-54-50-46-42-39-35-32-30-28-26-24-25-27-29-31-33-36-40-44-48-52-56-60-64-68-72-76-87-81(86)75-71-67-63-59-55-51-47-43-37-22-20-18-16-14-12-10-8-6-4-2/h78-79,83-84H,3-77H2,1-2H3,(H,82,85). The highest BCUT2D eigenvalue weighted by Crippen LogP contribution is 2.21. The van der Waals surface area contributed by atoms with Crippen LogP contribution in [-0.4, -0.2) is 47.4 Å². The lowest BCUT2D eigenvalue weighted by Gasteiger charge is -2.22. The van der Waals surface area contributed by atoms with Gasteiger partial charge in [0.25, 0.3) is 0 Å². The van der Waals surface area contributed by atoms with Gasteiger partial charge in [0.05, 0.1) is 25.4 Å². The van der Waals surface area contributed by atoms with Crippen molar-refractivity contribution in [3.05, 3.63) is 0 Å². The van der Waals surface area contributed by atoms with Crippen molar-refractivity contribution in [2.75, 3.05) is 13.2 Å². The highest BCUT2D eigenvalue weighted by atomic mass is 16.5. The number of hydrogen-bond donors (Lipinski definition) is 3. The summed E-state index contributed by atoms with van der Waals surface area (Å²) < 4.78 is 5.52. The number of ether oxygens (including phenoxy) is 1. The zero-order valence-electron chi connectivity index (χ0n) is 59.8. The van der Waals surface area contributed by atoms with Gasteiger partial charge in [0, 0.05) is 12.8 Å². The van der Waals surface area contributed by atoms with E-state index in [0.29, 0.717) is 25.9 Å². The van der Waals surface area contributed by atoms with Crippen molar-refractivity contribution in [2.24, 2.45) is 0 Å². The summed E-state index contributed by atoms with van der Waals surface area (Å²) in [6, 6.07) is -0.539. The van der Waals surface area contributed by atoms with Crippen LogP contribution in [0.5, 0.6) is 0 Å². The number of aliphatic hydroxyl groups excluding tert-OH is 2. The van der Waals surface area contributed by atoms with Gasteiger partial charge in [0.2, 0.25) is 5.91 Å². The van der Waals surface area contributed by atoms with Crippen LogP contribution in [0.2, 0.25) is 0 Å². The molecule has 0 aliphatic heterocycles. The second-order valence-electron chi connectivity index (χ2n) is 28.5. The Labute approximate surface area is 547 Å².